The second-order valence-electron chi connectivity index (χ2n) is 6.97. The van der Waals surface area contributed by atoms with E-state index in [1.54, 1.807) is 7.11 Å². The van der Waals surface area contributed by atoms with Crippen LogP contribution in [0.2, 0.25) is 0 Å². The van der Waals surface area contributed by atoms with E-state index in [0.717, 1.165) is 38.9 Å². The highest BCUT2D eigenvalue weighted by Crippen LogP contribution is 2.40. The maximum atomic E-state index is 12.9. The summed E-state index contributed by atoms with van der Waals surface area (Å²) in [5, 5.41) is 3.89. The summed E-state index contributed by atoms with van der Waals surface area (Å²) >= 11 is 0. The summed E-state index contributed by atoms with van der Waals surface area (Å²) in [7, 11) is 1.61. The molecule has 128 valence electrons. The highest BCUT2D eigenvalue weighted by atomic mass is 16.5. The van der Waals surface area contributed by atoms with E-state index in [4.69, 9.17) is 9.26 Å². The first kappa shape index (κ1) is 16.4. The molecule has 1 atom stereocenters. The van der Waals surface area contributed by atoms with Crippen LogP contribution >= 0.6 is 0 Å². The van der Waals surface area contributed by atoms with E-state index in [0.29, 0.717) is 30.8 Å². The Morgan fingerprint density at radius 3 is 2.91 bits per heavy atom. The minimum Gasteiger partial charge on any atom is -0.377 e. The van der Waals surface area contributed by atoms with Gasteiger partial charge in [-0.05, 0) is 39.7 Å². The largest absolute Gasteiger partial charge is 0.377 e. The molecule has 1 aromatic heterocycles. The first-order valence-electron chi connectivity index (χ1n) is 8.38. The third-order valence-electron chi connectivity index (χ3n) is 4.97. The first-order valence-corrected chi connectivity index (χ1v) is 8.38. The van der Waals surface area contributed by atoms with Crippen LogP contribution in [0.15, 0.2) is 4.52 Å². The highest BCUT2D eigenvalue weighted by Gasteiger charge is 2.48. The Balaban J connectivity index is 1.64. The summed E-state index contributed by atoms with van der Waals surface area (Å²) < 4.78 is 10.3. The highest BCUT2D eigenvalue weighted by molar-refractivity contribution is 5.84. The third-order valence-corrected chi connectivity index (χ3v) is 4.97. The van der Waals surface area contributed by atoms with Gasteiger partial charge in [-0.25, -0.2) is 0 Å². The van der Waals surface area contributed by atoms with Gasteiger partial charge in [0.2, 0.25) is 11.8 Å². The Morgan fingerprint density at radius 1 is 1.35 bits per heavy atom. The monoisotopic (exact) mass is 322 g/mol. The number of nitrogens with zero attached hydrogens (tertiary/aromatic N) is 4. The second kappa shape index (κ2) is 6.57. The van der Waals surface area contributed by atoms with Crippen molar-refractivity contribution in [1.29, 1.82) is 0 Å². The van der Waals surface area contributed by atoms with Gasteiger partial charge in [-0.1, -0.05) is 5.16 Å². The molecule has 3 rings (SSSR count). The molecule has 0 radical (unpaired) electrons. The minimum atomic E-state index is -0.210. The Hall–Kier alpha value is -1.47. The Kier molecular flexibility index (Phi) is 4.68. The number of hydrogen-bond donors (Lipinski definition) is 0. The molecule has 0 N–H and O–H groups in total. The summed E-state index contributed by atoms with van der Waals surface area (Å²) in [5.74, 6) is 1.49. The van der Waals surface area contributed by atoms with Gasteiger partial charge in [0.05, 0.1) is 12.0 Å². The maximum absolute atomic E-state index is 12.9. The summed E-state index contributed by atoms with van der Waals surface area (Å²) in [6.07, 6.45) is 3.01. The molecule has 0 aromatic carbocycles. The molecule has 3 heterocycles. The zero-order valence-corrected chi connectivity index (χ0v) is 14.2. The molecule has 0 aliphatic carbocycles. The van der Waals surface area contributed by atoms with Crippen LogP contribution < -0.4 is 0 Å². The van der Waals surface area contributed by atoms with Gasteiger partial charge in [0, 0.05) is 26.2 Å². The van der Waals surface area contributed by atoms with E-state index in [9.17, 15) is 4.79 Å². The number of carbonyl (C=O) groups is 1. The topological polar surface area (TPSA) is 71.7 Å². The van der Waals surface area contributed by atoms with Gasteiger partial charge in [0.25, 0.3) is 0 Å². The normalized spacial score (nSPS) is 25.9. The van der Waals surface area contributed by atoms with Gasteiger partial charge in [0.15, 0.2) is 5.82 Å². The fraction of sp³-hybridized carbons (Fsp3) is 0.812. The lowest BCUT2D eigenvalue weighted by molar-refractivity contribution is -0.147. The van der Waals surface area contributed by atoms with Crippen LogP contribution in [0, 0.1) is 5.41 Å². The van der Waals surface area contributed by atoms with Crippen LogP contribution in [0.1, 0.15) is 44.8 Å². The third kappa shape index (κ3) is 3.26. The fourth-order valence-corrected chi connectivity index (χ4v) is 3.80. The molecule has 0 unspecified atom stereocenters. The summed E-state index contributed by atoms with van der Waals surface area (Å²) in [6, 6.07) is 0.279. The minimum absolute atomic E-state index is 0.210. The molecule has 0 bridgehead atoms. The predicted molar refractivity (Wildman–Crippen MR) is 83.4 cm³/mol. The quantitative estimate of drug-likeness (QED) is 0.817. The zero-order chi connectivity index (χ0) is 16.4. The van der Waals surface area contributed by atoms with Crippen molar-refractivity contribution in [3.63, 3.8) is 0 Å². The van der Waals surface area contributed by atoms with Crippen LogP contribution in [-0.2, 0) is 22.7 Å². The molecule has 0 saturated carbocycles. The molecule has 2 aliphatic heterocycles. The summed E-state index contributed by atoms with van der Waals surface area (Å²) in [6.45, 7) is 7.74. The lowest BCUT2D eigenvalue weighted by atomic mass is 9.78. The van der Waals surface area contributed by atoms with Crippen LogP contribution in [0.25, 0.3) is 0 Å². The van der Waals surface area contributed by atoms with Gasteiger partial charge in [-0.2, -0.15) is 4.98 Å². The van der Waals surface area contributed by atoms with Crippen molar-refractivity contribution in [3.8, 4) is 0 Å². The molecule has 1 amide bonds. The molecule has 2 saturated heterocycles. The van der Waals surface area contributed by atoms with Crippen molar-refractivity contribution >= 4 is 5.91 Å². The number of methoxy groups -OCH3 is 1. The maximum Gasteiger partial charge on any atom is 0.240 e. The lowest BCUT2D eigenvalue weighted by Gasteiger charge is -2.41. The lowest BCUT2D eigenvalue weighted by Crippen LogP contribution is -2.52. The number of piperidine rings is 1. The molecular weight excluding hydrogens is 296 g/mol. The van der Waals surface area contributed by atoms with Crippen molar-refractivity contribution in [2.24, 2.45) is 5.41 Å². The number of hydrogen-bond acceptors (Lipinski definition) is 6. The van der Waals surface area contributed by atoms with E-state index in [1.807, 2.05) is 4.90 Å². The molecule has 7 nitrogen and oxygen atoms in total. The Bertz CT molecular complexity index is 559. The standard InChI is InChI=1S/C16H26N4O3/c1-12(2)20-7-4-5-16(15(20)21)6-8-19(11-16)9-14-17-13(10-22-3)18-23-14/h12H,4-11H2,1-3H3/t16-/m0/s1. The van der Waals surface area contributed by atoms with Crippen molar-refractivity contribution in [1.82, 2.24) is 19.9 Å². The molecular formula is C16H26N4O3. The molecule has 1 aromatic rings. The molecule has 2 aliphatic rings. The number of rotatable bonds is 5. The first-order chi connectivity index (χ1) is 11.0. The number of ether oxygens (including phenoxy) is 1. The number of aromatic nitrogens is 2. The SMILES string of the molecule is COCc1noc(CN2CC[C@@]3(CCCN(C(C)C)C3=O)C2)n1. The Labute approximate surface area is 137 Å². The molecule has 2 fully saturated rings. The van der Waals surface area contributed by atoms with Gasteiger partial charge in [-0.15, -0.1) is 0 Å². The molecule has 7 heteroatoms. The van der Waals surface area contributed by atoms with Gasteiger partial charge < -0.3 is 14.2 Å². The van der Waals surface area contributed by atoms with Crippen LogP contribution in [0.3, 0.4) is 0 Å². The zero-order valence-electron chi connectivity index (χ0n) is 14.2. The average Bonchev–Trinajstić information content (AvgIpc) is 3.11. The number of likely N-dealkylation sites (tertiary alicyclic amines) is 2. The van der Waals surface area contributed by atoms with Crippen molar-refractivity contribution < 1.29 is 14.1 Å². The van der Waals surface area contributed by atoms with E-state index < -0.39 is 0 Å². The number of amides is 1. The van der Waals surface area contributed by atoms with E-state index in [1.165, 1.54) is 0 Å². The smallest absolute Gasteiger partial charge is 0.240 e. The van der Waals surface area contributed by atoms with Crippen molar-refractivity contribution in [2.45, 2.75) is 52.3 Å². The van der Waals surface area contributed by atoms with Crippen LogP contribution in [0.4, 0.5) is 0 Å². The second-order valence-corrected chi connectivity index (χ2v) is 6.97. The summed E-state index contributed by atoms with van der Waals surface area (Å²) in [5.41, 5.74) is -0.210. The van der Waals surface area contributed by atoms with Crippen molar-refractivity contribution in [3.05, 3.63) is 11.7 Å². The van der Waals surface area contributed by atoms with E-state index in [-0.39, 0.29) is 11.5 Å². The molecule has 1 spiro atoms. The predicted octanol–water partition coefficient (Wildman–Crippen LogP) is 1.44. The van der Waals surface area contributed by atoms with Crippen LogP contribution in [-0.4, -0.2) is 58.6 Å². The van der Waals surface area contributed by atoms with Gasteiger partial charge >= 0.3 is 0 Å². The van der Waals surface area contributed by atoms with Crippen LogP contribution in [0.5, 0.6) is 0 Å². The Morgan fingerprint density at radius 2 is 2.17 bits per heavy atom. The summed E-state index contributed by atoms with van der Waals surface area (Å²) in [4.78, 5) is 21.5. The van der Waals surface area contributed by atoms with E-state index in [2.05, 4.69) is 28.9 Å². The fourth-order valence-electron chi connectivity index (χ4n) is 3.80. The average molecular weight is 322 g/mol. The van der Waals surface area contributed by atoms with E-state index >= 15 is 0 Å². The molecule has 23 heavy (non-hydrogen) atoms. The van der Waals surface area contributed by atoms with Gasteiger partial charge in [0.1, 0.15) is 6.61 Å². The van der Waals surface area contributed by atoms with Crippen molar-refractivity contribution in [2.75, 3.05) is 26.7 Å². The van der Waals surface area contributed by atoms with Gasteiger partial charge in [-0.3, -0.25) is 9.69 Å². The number of carbonyl (C=O) groups excluding carboxylic acids is 1.